The number of ether oxygens (including phenoxy) is 1. The van der Waals surface area contributed by atoms with E-state index in [4.69, 9.17) is 4.74 Å². The van der Waals surface area contributed by atoms with E-state index in [-0.39, 0.29) is 5.97 Å². The van der Waals surface area contributed by atoms with Gasteiger partial charge in [-0.3, -0.25) is 9.59 Å². The highest BCUT2D eigenvalue weighted by Crippen LogP contribution is 2.01. The van der Waals surface area contributed by atoms with Gasteiger partial charge in [-0.15, -0.1) is 0 Å². The van der Waals surface area contributed by atoms with Crippen LogP contribution in [0, 0.1) is 0 Å². The number of Topliss-reactive ketones (excluding diaryl/α,β-unsaturated/α-hetero) is 1. The van der Waals surface area contributed by atoms with Crippen molar-refractivity contribution in [2.75, 3.05) is 13.2 Å². The van der Waals surface area contributed by atoms with Gasteiger partial charge in [-0.1, -0.05) is 13.0 Å². The van der Waals surface area contributed by atoms with Gasteiger partial charge in [0.25, 0.3) is 5.91 Å². The fourth-order valence-corrected chi connectivity index (χ4v) is 1.20. The van der Waals surface area contributed by atoms with Crippen molar-refractivity contribution in [1.29, 1.82) is 0 Å². The number of amides is 1. The summed E-state index contributed by atoms with van der Waals surface area (Å²) in [6.07, 6.45) is 3.44. The maximum absolute atomic E-state index is 11.0. The molecule has 0 aromatic rings. The van der Waals surface area contributed by atoms with Crippen molar-refractivity contribution < 1.29 is 19.1 Å². The van der Waals surface area contributed by atoms with Crippen molar-refractivity contribution in [3.63, 3.8) is 0 Å². The number of carbonyl (C=O) groups is 3. The van der Waals surface area contributed by atoms with E-state index >= 15 is 0 Å². The smallest absolute Gasteiger partial charge is 0.333 e. The molecule has 0 atom stereocenters. The van der Waals surface area contributed by atoms with E-state index in [0.717, 1.165) is 25.7 Å². The van der Waals surface area contributed by atoms with E-state index in [1.165, 1.54) is 6.92 Å². The molecule has 0 rings (SSSR count). The molecule has 0 bridgehead atoms. The lowest BCUT2D eigenvalue weighted by Crippen LogP contribution is -2.29. The summed E-state index contributed by atoms with van der Waals surface area (Å²) >= 11 is 0. The highest BCUT2D eigenvalue weighted by Gasteiger charge is 2.05. The Morgan fingerprint density at radius 1 is 1.06 bits per heavy atom. The zero-order valence-corrected chi connectivity index (χ0v) is 11.1. The summed E-state index contributed by atoms with van der Waals surface area (Å²) in [6, 6.07) is 0. The molecule has 0 saturated heterocycles. The summed E-state index contributed by atoms with van der Waals surface area (Å²) in [7, 11) is 0. The molecule has 5 nitrogen and oxygen atoms in total. The summed E-state index contributed by atoms with van der Waals surface area (Å²) in [5.41, 5.74) is 0.405. The van der Waals surface area contributed by atoms with E-state index in [1.54, 1.807) is 6.92 Å². The number of nitrogens with one attached hydrogen (secondary N) is 1. The highest BCUT2D eigenvalue weighted by atomic mass is 16.5. The summed E-state index contributed by atoms with van der Waals surface area (Å²) in [5, 5.41) is 2.52. The normalized spacial score (nSPS) is 9.67. The standard InChI is InChI=1S/C13H21NO4/c1-10(2)13(17)18-9-7-5-4-6-8-14-12(16)11(3)15/h1,4-9H2,2-3H3,(H,14,16). The van der Waals surface area contributed by atoms with Gasteiger partial charge in [0.05, 0.1) is 6.61 Å². The third kappa shape index (κ3) is 8.50. The molecule has 0 aliphatic carbocycles. The van der Waals surface area contributed by atoms with Crippen LogP contribution in [0.4, 0.5) is 0 Å². The first-order valence-corrected chi connectivity index (χ1v) is 6.06. The molecule has 0 spiro atoms. The summed E-state index contributed by atoms with van der Waals surface area (Å²) < 4.78 is 4.93. The molecular formula is C13H21NO4. The number of unbranched alkanes of at least 4 members (excludes halogenated alkanes) is 3. The van der Waals surface area contributed by atoms with Gasteiger partial charge in [-0.2, -0.15) is 0 Å². The Hall–Kier alpha value is -1.65. The Morgan fingerprint density at radius 3 is 2.22 bits per heavy atom. The molecule has 0 saturated carbocycles. The minimum Gasteiger partial charge on any atom is -0.462 e. The quantitative estimate of drug-likeness (QED) is 0.292. The minimum absolute atomic E-state index is 0.358. The third-order valence-electron chi connectivity index (χ3n) is 2.26. The molecule has 0 unspecified atom stereocenters. The third-order valence-corrected chi connectivity index (χ3v) is 2.26. The zero-order chi connectivity index (χ0) is 14.0. The van der Waals surface area contributed by atoms with Gasteiger partial charge < -0.3 is 10.1 Å². The van der Waals surface area contributed by atoms with Crippen molar-refractivity contribution in [2.24, 2.45) is 0 Å². The van der Waals surface area contributed by atoms with E-state index in [9.17, 15) is 14.4 Å². The minimum atomic E-state index is -0.537. The molecule has 18 heavy (non-hydrogen) atoms. The average molecular weight is 255 g/mol. The molecule has 0 aliphatic rings. The van der Waals surface area contributed by atoms with E-state index < -0.39 is 11.7 Å². The molecule has 0 aliphatic heterocycles. The number of hydrogen-bond acceptors (Lipinski definition) is 4. The van der Waals surface area contributed by atoms with E-state index in [0.29, 0.717) is 18.7 Å². The number of hydrogen-bond donors (Lipinski definition) is 1. The van der Waals surface area contributed by atoms with Crippen molar-refractivity contribution >= 4 is 17.7 Å². The van der Waals surface area contributed by atoms with Crippen molar-refractivity contribution in [3.05, 3.63) is 12.2 Å². The Kier molecular flexibility index (Phi) is 8.53. The second kappa shape index (κ2) is 9.39. The Bertz CT molecular complexity index is 291. The van der Waals surface area contributed by atoms with E-state index in [1.807, 2.05) is 0 Å². The molecule has 0 radical (unpaired) electrons. The predicted molar refractivity (Wildman–Crippen MR) is 67.9 cm³/mol. The largest absolute Gasteiger partial charge is 0.462 e. The maximum Gasteiger partial charge on any atom is 0.333 e. The predicted octanol–water partition coefficient (Wildman–Crippen LogP) is 1.37. The first kappa shape index (κ1) is 16.4. The lowest BCUT2D eigenvalue weighted by molar-refractivity contribution is -0.139. The summed E-state index contributed by atoms with van der Waals surface area (Å²) in [6.45, 7) is 7.23. The van der Waals surface area contributed by atoms with Crippen molar-refractivity contribution in [1.82, 2.24) is 5.32 Å². The number of esters is 1. The Balaban J connectivity index is 3.32. The molecule has 0 aromatic heterocycles. The van der Waals surface area contributed by atoms with Gasteiger partial charge in [-0.05, 0) is 26.2 Å². The second-order valence-corrected chi connectivity index (χ2v) is 4.14. The molecular weight excluding hydrogens is 234 g/mol. The van der Waals surface area contributed by atoms with Gasteiger partial charge in [0, 0.05) is 19.0 Å². The Labute approximate surface area is 108 Å². The molecule has 0 aromatic carbocycles. The molecule has 0 fully saturated rings. The fourth-order valence-electron chi connectivity index (χ4n) is 1.20. The topological polar surface area (TPSA) is 72.5 Å². The molecule has 5 heteroatoms. The molecule has 0 heterocycles. The number of rotatable bonds is 9. The average Bonchev–Trinajstić information content (AvgIpc) is 2.31. The first-order valence-electron chi connectivity index (χ1n) is 6.06. The van der Waals surface area contributed by atoms with Crippen LogP contribution in [0.15, 0.2) is 12.2 Å². The lowest BCUT2D eigenvalue weighted by Gasteiger charge is -2.04. The monoisotopic (exact) mass is 255 g/mol. The molecule has 102 valence electrons. The van der Waals surface area contributed by atoms with Crippen LogP contribution in [0.2, 0.25) is 0 Å². The van der Waals surface area contributed by atoms with Crippen LogP contribution in [0.1, 0.15) is 39.5 Å². The van der Waals surface area contributed by atoms with Crippen LogP contribution in [-0.4, -0.2) is 30.8 Å². The lowest BCUT2D eigenvalue weighted by atomic mass is 10.2. The van der Waals surface area contributed by atoms with Crippen LogP contribution in [0.3, 0.4) is 0 Å². The molecule has 1 N–H and O–H groups in total. The van der Waals surface area contributed by atoms with Gasteiger partial charge in [0.15, 0.2) is 0 Å². The fraction of sp³-hybridized carbons (Fsp3) is 0.615. The maximum atomic E-state index is 11.0. The van der Waals surface area contributed by atoms with Crippen LogP contribution < -0.4 is 5.32 Å². The number of carbonyl (C=O) groups excluding carboxylic acids is 3. The first-order chi connectivity index (χ1) is 8.45. The van der Waals surface area contributed by atoms with Crippen LogP contribution in [0.25, 0.3) is 0 Å². The van der Waals surface area contributed by atoms with Crippen LogP contribution >= 0.6 is 0 Å². The van der Waals surface area contributed by atoms with Gasteiger partial charge >= 0.3 is 5.97 Å². The summed E-state index contributed by atoms with van der Waals surface area (Å²) in [5.74, 6) is -1.36. The van der Waals surface area contributed by atoms with Crippen LogP contribution in [-0.2, 0) is 19.1 Å². The SMILES string of the molecule is C=C(C)C(=O)OCCCCCCNC(=O)C(C)=O. The van der Waals surface area contributed by atoms with Gasteiger partial charge in [0.2, 0.25) is 5.78 Å². The van der Waals surface area contributed by atoms with Crippen molar-refractivity contribution in [3.8, 4) is 0 Å². The highest BCUT2D eigenvalue weighted by molar-refractivity contribution is 6.35. The van der Waals surface area contributed by atoms with Gasteiger partial charge in [-0.25, -0.2) is 4.79 Å². The Morgan fingerprint density at radius 2 is 1.67 bits per heavy atom. The van der Waals surface area contributed by atoms with Gasteiger partial charge in [0.1, 0.15) is 0 Å². The molecule has 1 amide bonds. The summed E-state index contributed by atoms with van der Waals surface area (Å²) in [4.78, 5) is 32.5. The van der Waals surface area contributed by atoms with Crippen LogP contribution in [0.5, 0.6) is 0 Å². The second-order valence-electron chi connectivity index (χ2n) is 4.14. The zero-order valence-electron chi connectivity index (χ0n) is 11.1. The van der Waals surface area contributed by atoms with Crippen molar-refractivity contribution in [2.45, 2.75) is 39.5 Å². The number of ketones is 1. The van der Waals surface area contributed by atoms with E-state index in [2.05, 4.69) is 11.9 Å².